The molecule has 0 radical (unpaired) electrons. The molecule has 7 rings (SSSR count). The standard InChI is InChI=1S/C36H39F2N7O4/c1-3-26(2)44-18-19-45(35(44)46)30-7-5-28(6-8-30)41-14-16-42(17-15-41)29-9-11-31(12-10-29)47-21-32-22-48-36(49-32,23-43-25-39-24-40-43)33-13-4-27(37)20-34(33)38/h4-13,18-20,24-26,32H,3,14-17,21-23H2,1-2H3/t26?,32-,36-/m1/s1. The van der Waals surface area contributed by atoms with Gasteiger partial charge in [-0.1, -0.05) is 6.92 Å². The minimum Gasteiger partial charge on any atom is -0.491 e. The van der Waals surface area contributed by atoms with E-state index in [1.807, 2.05) is 48.8 Å². The molecule has 3 aromatic carbocycles. The number of anilines is 2. The zero-order chi connectivity index (χ0) is 34.0. The Bertz CT molecular complexity index is 1910. The molecule has 2 saturated heterocycles. The number of halogens is 2. The lowest BCUT2D eigenvalue weighted by atomic mass is 10.0. The van der Waals surface area contributed by atoms with Crippen molar-refractivity contribution in [2.24, 2.45) is 0 Å². The molecule has 3 atom stereocenters. The summed E-state index contributed by atoms with van der Waals surface area (Å²) in [6, 6.07) is 19.6. The molecule has 2 aromatic heterocycles. The van der Waals surface area contributed by atoms with Crippen molar-refractivity contribution in [2.45, 2.75) is 44.7 Å². The molecular formula is C36H39F2N7O4. The molecule has 4 heterocycles. The van der Waals surface area contributed by atoms with Crippen molar-refractivity contribution in [1.82, 2.24) is 23.9 Å². The van der Waals surface area contributed by atoms with E-state index in [2.05, 4.69) is 45.9 Å². The molecule has 13 heteroatoms. The van der Waals surface area contributed by atoms with E-state index in [0.29, 0.717) is 5.75 Å². The van der Waals surface area contributed by atoms with E-state index < -0.39 is 23.5 Å². The normalized spacial score (nSPS) is 20.1. The van der Waals surface area contributed by atoms with Crippen LogP contribution in [0.5, 0.6) is 5.75 Å². The molecular weight excluding hydrogens is 632 g/mol. The van der Waals surface area contributed by atoms with Crippen LogP contribution in [0.1, 0.15) is 31.9 Å². The first kappa shape index (κ1) is 32.5. The molecule has 2 fully saturated rings. The van der Waals surface area contributed by atoms with Gasteiger partial charge in [0, 0.05) is 67.6 Å². The number of benzene rings is 3. The number of nitrogens with zero attached hydrogens (tertiary/aromatic N) is 7. The van der Waals surface area contributed by atoms with E-state index in [0.717, 1.165) is 55.7 Å². The molecule has 2 aliphatic rings. The molecule has 0 amide bonds. The van der Waals surface area contributed by atoms with Crippen LogP contribution in [-0.2, 0) is 21.8 Å². The zero-order valence-corrected chi connectivity index (χ0v) is 27.5. The van der Waals surface area contributed by atoms with Gasteiger partial charge >= 0.3 is 5.69 Å². The van der Waals surface area contributed by atoms with E-state index in [4.69, 9.17) is 14.2 Å². The lowest BCUT2D eigenvalue weighted by Gasteiger charge is -2.37. The Morgan fingerprint density at radius 2 is 1.61 bits per heavy atom. The average Bonchev–Trinajstić information content (AvgIpc) is 3.88. The Hall–Kier alpha value is -5.01. The van der Waals surface area contributed by atoms with E-state index in [1.165, 1.54) is 29.5 Å². The highest BCUT2D eigenvalue weighted by Gasteiger charge is 2.46. The topological polar surface area (TPSA) is 91.8 Å². The number of ether oxygens (including phenoxy) is 3. The van der Waals surface area contributed by atoms with Gasteiger partial charge in [0.25, 0.3) is 0 Å². The average molecular weight is 672 g/mol. The Morgan fingerprint density at radius 1 is 0.939 bits per heavy atom. The summed E-state index contributed by atoms with van der Waals surface area (Å²) in [6.45, 7) is 7.95. The van der Waals surface area contributed by atoms with Crippen molar-refractivity contribution in [3.63, 3.8) is 0 Å². The molecule has 0 N–H and O–H groups in total. The van der Waals surface area contributed by atoms with Crippen molar-refractivity contribution < 1.29 is 23.0 Å². The second-order valence-electron chi connectivity index (χ2n) is 12.4. The summed E-state index contributed by atoms with van der Waals surface area (Å²) < 4.78 is 51.8. The second-order valence-corrected chi connectivity index (χ2v) is 12.4. The highest BCUT2D eigenvalue weighted by molar-refractivity contribution is 5.54. The van der Waals surface area contributed by atoms with Gasteiger partial charge in [-0.05, 0) is 74.0 Å². The fourth-order valence-electron chi connectivity index (χ4n) is 6.39. The van der Waals surface area contributed by atoms with Gasteiger partial charge in [0.1, 0.15) is 49.3 Å². The Balaban J connectivity index is 0.925. The van der Waals surface area contributed by atoms with Gasteiger partial charge in [-0.15, -0.1) is 0 Å². The minimum absolute atomic E-state index is 0.0204. The van der Waals surface area contributed by atoms with Crippen LogP contribution in [0.15, 0.2) is 96.6 Å². The van der Waals surface area contributed by atoms with E-state index in [-0.39, 0.29) is 37.1 Å². The molecule has 2 aliphatic heterocycles. The summed E-state index contributed by atoms with van der Waals surface area (Å²) >= 11 is 0. The number of rotatable bonds is 11. The predicted molar refractivity (Wildman–Crippen MR) is 180 cm³/mol. The summed E-state index contributed by atoms with van der Waals surface area (Å²) in [5.41, 5.74) is 3.15. The number of aromatic nitrogens is 5. The van der Waals surface area contributed by atoms with Crippen LogP contribution in [0.25, 0.3) is 5.69 Å². The van der Waals surface area contributed by atoms with Crippen LogP contribution in [0, 0.1) is 11.6 Å². The Morgan fingerprint density at radius 3 is 2.24 bits per heavy atom. The summed E-state index contributed by atoms with van der Waals surface area (Å²) in [7, 11) is 0. The first-order valence-corrected chi connectivity index (χ1v) is 16.5. The highest BCUT2D eigenvalue weighted by Crippen LogP contribution is 2.38. The van der Waals surface area contributed by atoms with Crippen LogP contribution < -0.4 is 20.2 Å². The zero-order valence-electron chi connectivity index (χ0n) is 27.5. The Kier molecular flexibility index (Phi) is 9.19. The van der Waals surface area contributed by atoms with E-state index >= 15 is 0 Å². The van der Waals surface area contributed by atoms with E-state index in [1.54, 1.807) is 9.13 Å². The molecule has 5 aromatic rings. The van der Waals surface area contributed by atoms with Crippen LogP contribution >= 0.6 is 0 Å². The molecule has 1 unspecified atom stereocenters. The van der Waals surface area contributed by atoms with Crippen molar-refractivity contribution >= 4 is 11.4 Å². The third-order valence-corrected chi connectivity index (χ3v) is 9.32. The fraction of sp³-hybridized carbons (Fsp3) is 0.361. The van der Waals surface area contributed by atoms with Gasteiger partial charge in [0.05, 0.1) is 12.3 Å². The summed E-state index contributed by atoms with van der Waals surface area (Å²) in [4.78, 5) is 21.5. The van der Waals surface area contributed by atoms with Crippen molar-refractivity contribution in [1.29, 1.82) is 0 Å². The minimum atomic E-state index is -1.51. The number of piperazine rings is 1. The van der Waals surface area contributed by atoms with Gasteiger partial charge < -0.3 is 24.0 Å². The van der Waals surface area contributed by atoms with Gasteiger partial charge in [-0.25, -0.2) is 23.2 Å². The van der Waals surface area contributed by atoms with Crippen molar-refractivity contribution in [3.8, 4) is 11.4 Å². The quantitative estimate of drug-likeness (QED) is 0.191. The lowest BCUT2D eigenvalue weighted by Crippen LogP contribution is -2.46. The molecule has 49 heavy (non-hydrogen) atoms. The van der Waals surface area contributed by atoms with Gasteiger partial charge in [0.15, 0.2) is 0 Å². The maximum absolute atomic E-state index is 14.9. The smallest absolute Gasteiger partial charge is 0.332 e. The molecule has 11 nitrogen and oxygen atoms in total. The SMILES string of the molecule is CCC(C)n1ccn(-c2ccc(N3CCN(c4ccc(OC[C@@H]5CO[C@@](Cn6cncn6)(c6ccc(F)cc6F)O5)cc4)CC3)cc2)c1=O. The van der Waals surface area contributed by atoms with Gasteiger partial charge in [-0.3, -0.25) is 9.13 Å². The van der Waals surface area contributed by atoms with E-state index in [9.17, 15) is 13.6 Å². The lowest BCUT2D eigenvalue weighted by molar-refractivity contribution is -0.192. The van der Waals surface area contributed by atoms with Crippen molar-refractivity contribution in [2.75, 3.05) is 49.2 Å². The van der Waals surface area contributed by atoms with Crippen LogP contribution in [-0.4, -0.2) is 69.4 Å². The number of imidazole rings is 1. The summed E-state index contributed by atoms with van der Waals surface area (Å²) in [5, 5.41) is 4.11. The molecule has 0 bridgehead atoms. The summed E-state index contributed by atoms with van der Waals surface area (Å²) in [6.07, 6.45) is 6.94. The van der Waals surface area contributed by atoms with Crippen LogP contribution in [0.3, 0.4) is 0 Å². The highest BCUT2D eigenvalue weighted by atomic mass is 19.1. The van der Waals surface area contributed by atoms with Crippen LogP contribution in [0.2, 0.25) is 0 Å². The third kappa shape index (κ3) is 6.81. The fourth-order valence-corrected chi connectivity index (χ4v) is 6.39. The molecule has 0 aliphatic carbocycles. The molecule has 0 saturated carbocycles. The molecule has 256 valence electrons. The van der Waals surface area contributed by atoms with Crippen molar-refractivity contribution in [3.05, 3.63) is 119 Å². The monoisotopic (exact) mass is 671 g/mol. The maximum atomic E-state index is 14.9. The number of hydrogen-bond donors (Lipinski definition) is 0. The first-order valence-electron chi connectivity index (χ1n) is 16.5. The maximum Gasteiger partial charge on any atom is 0.332 e. The second kappa shape index (κ2) is 13.8. The number of hydrogen-bond acceptors (Lipinski definition) is 8. The largest absolute Gasteiger partial charge is 0.491 e. The Labute approximate surface area is 282 Å². The first-order chi connectivity index (χ1) is 23.8. The molecule has 0 spiro atoms. The van der Waals surface area contributed by atoms with Crippen LogP contribution in [0.4, 0.5) is 20.2 Å². The summed E-state index contributed by atoms with van der Waals surface area (Å²) in [5.74, 6) is -2.29. The third-order valence-electron chi connectivity index (χ3n) is 9.32. The van der Waals surface area contributed by atoms with Gasteiger partial charge in [-0.2, -0.15) is 5.10 Å². The van der Waals surface area contributed by atoms with Gasteiger partial charge in [0.2, 0.25) is 5.79 Å². The predicted octanol–water partition coefficient (Wildman–Crippen LogP) is 5.15.